The van der Waals surface area contributed by atoms with Gasteiger partial charge < -0.3 is 25.0 Å². The molecule has 0 aliphatic rings. The normalized spacial score (nSPS) is 11.3. The molecule has 0 aliphatic heterocycles. The number of halogens is 1. The van der Waals surface area contributed by atoms with E-state index in [-0.39, 0.29) is 24.0 Å². The van der Waals surface area contributed by atoms with Crippen LogP contribution in [0.15, 0.2) is 23.2 Å². The third-order valence-electron chi connectivity index (χ3n) is 4.29. The molecule has 162 valence electrons. The second-order valence-corrected chi connectivity index (χ2v) is 6.44. The Morgan fingerprint density at radius 2 is 1.89 bits per heavy atom. The number of hydrogen-bond acceptors (Lipinski definition) is 4. The maximum Gasteiger partial charge on any atom is 0.191 e. The van der Waals surface area contributed by atoms with Crippen LogP contribution in [0, 0.1) is 6.92 Å². The van der Waals surface area contributed by atoms with Crippen LogP contribution in [0.2, 0.25) is 0 Å². The Bertz CT molecular complexity index is 555. The van der Waals surface area contributed by atoms with E-state index in [0.717, 1.165) is 43.5 Å². The van der Waals surface area contributed by atoms with Gasteiger partial charge in [0.05, 0.1) is 6.61 Å². The third-order valence-corrected chi connectivity index (χ3v) is 4.29. The molecule has 0 aliphatic carbocycles. The number of hydrogen-bond donors (Lipinski definition) is 2. The van der Waals surface area contributed by atoms with Crippen molar-refractivity contribution in [2.24, 2.45) is 4.99 Å². The maximum atomic E-state index is 5.91. The topological polar surface area (TPSA) is 58.1 Å². The van der Waals surface area contributed by atoms with E-state index in [2.05, 4.69) is 59.5 Å². The van der Waals surface area contributed by atoms with Gasteiger partial charge in [-0.25, -0.2) is 0 Å². The highest BCUT2D eigenvalue weighted by atomic mass is 127. The van der Waals surface area contributed by atoms with Crippen molar-refractivity contribution in [1.82, 2.24) is 15.5 Å². The molecule has 0 radical (unpaired) electrons. The molecule has 0 atom stereocenters. The van der Waals surface area contributed by atoms with E-state index in [0.29, 0.717) is 26.4 Å². The monoisotopic (exact) mass is 506 g/mol. The molecule has 0 heterocycles. The first-order chi connectivity index (χ1) is 13.1. The fourth-order valence-electron chi connectivity index (χ4n) is 2.77. The number of likely N-dealkylation sites (N-methyl/N-ethyl adjacent to an activating group) is 1. The number of nitrogens with one attached hydrogen (secondary N) is 2. The third kappa shape index (κ3) is 11.1. The van der Waals surface area contributed by atoms with E-state index < -0.39 is 0 Å². The fourth-order valence-corrected chi connectivity index (χ4v) is 2.77. The lowest BCUT2D eigenvalue weighted by molar-refractivity contribution is 0.110. The van der Waals surface area contributed by atoms with Crippen molar-refractivity contribution in [3.8, 4) is 5.75 Å². The molecule has 0 amide bonds. The number of guanidine groups is 1. The molecule has 0 unspecified atom stereocenters. The maximum absolute atomic E-state index is 5.91. The first-order valence-electron chi connectivity index (χ1n) is 10.1. The standard InChI is InChI=1S/C21H38N4O2.HI/c1-6-12-25(7-2)13-11-23-21(22-5)24-17-19-10-9-18(4)16-20(19)27-15-14-26-8-3;/h9-10,16H,6-8,11-15,17H2,1-5H3,(H2,22,23,24);1H. The average molecular weight is 506 g/mol. The van der Waals surface area contributed by atoms with Crippen molar-refractivity contribution >= 4 is 29.9 Å². The lowest BCUT2D eigenvalue weighted by Gasteiger charge is -2.20. The molecule has 0 fully saturated rings. The van der Waals surface area contributed by atoms with Crippen LogP contribution in [-0.2, 0) is 11.3 Å². The SMILES string of the molecule is CCCN(CC)CCNC(=NC)NCc1ccc(C)cc1OCCOCC.I. The summed E-state index contributed by atoms with van der Waals surface area (Å²) in [6.45, 7) is 15.1. The second-order valence-electron chi connectivity index (χ2n) is 6.44. The summed E-state index contributed by atoms with van der Waals surface area (Å²) in [6.07, 6.45) is 1.18. The molecular weight excluding hydrogens is 467 g/mol. The van der Waals surface area contributed by atoms with Gasteiger partial charge >= 0.3 is 0 Å². The number of benzene rings is 1. The molecule has 0 spiro atoms. The van der Waals surface area contributed by atoms with Crippen LogP contribution in [0.3, 0.4) is 0 Å². The highest BCUT2D eigenvalue weighted by Crippen LogP contribution is 2.20. The lowest BCUT2D eigenvalue weighted by atomic mass is 10.1. The highest BCUT2D eigenvalue weighted by Gasteiger charge is 2.07. The van der Waals surface area contributed by atoms with Crippen molar-refractivity contribution in [2.75, 3.05) is 53.0 Å². The summed E-state index contributed by atoms with van der Waals surface area (Å²) in [5, 5.41) is 6.77. The number of aliphatic imine (C=N–C) groups is 1. The molecule has 0 saturated heterocycles. The lowest BCUT2D eigenvalue weighted by Crippen LogP contribution is -2.41. The van der Waals surface area contributed by atoms with Crippen molar-refractivity contribution < 1.29 is 9.47 Å². The Morgan fingerprint density at radius 3 is 2.54 bits per heavy atom. The molecule has 1 aromatic carbocycles. The Hall–Kier alpha value is -1.06. The van der Waals surface area contributed by atoms with Crippen LogP contribution >= 0.6 is 24.0 Å². The summed E-state index contributed by atoms with van der Waals surface area (Å²) >= 11 is 0. The van der Waals surface area contributed by atoms with Gasteiger partial charge in [0.15, 0.2) is 5.96 Å². The Morgan fingerprint density at radius 1 is 1.11 bits per heavy atom. The van der Waals surface area contributed by atoms with Crippen LogP contribution in [-0.4, -0.2) is 63.9 Å². The summed E-state index contributed by atoms with van der Waals surface area (Å²) in [6, 6.07) is 6.28. The van der Waals surface area contributed by atoms with E-state index in [4.69, 9.17) is 9.47 Å². The molecular formula is C21H39IN4O2. The summed E-state index contributed by atoms with van der Waals surface area (Å²) in [5.74, 6) is 1.71. The van der Waals surface area contributed by atoms with Crippen LogP contribution in [0.25, 0.3) is 0 Å². The van der Waals surface area contributed by atoms with E-state index in [1.54, 1.807) is 7.05 Å². The molecule has 1 rings (SSSR count). The van der Waals surface area contributed by atoms with Crippen molar-refractivity contribution in [2.45, 2.75) is 40.7 Å². The average Bonchev–Trinajstić information content (AvgIpc) is 2.68. The number of rotatable bonds is 13. The quantitative estimate of drug-likeness (QED) is 0.186. The molecule has 2 N–H and O–H groups in total. The minimum Gasteiger partial charge on any atom is -0.491 e. The van der Waals surface area contributed by atoms with Gasteiger partial charge in [0.25, 0.3) is 0 Å². The molecule has 6 nitrogen and oxygen atoms in total. The van der Waals surface area contributed by atoms with Crippen LogP contribution in [0.5, 0.6) is 5.75 Å². The van der Waals surface area contributed by atoms with Gasteiger partial charge in [0, 0.05) is 38.9 Å². The number of nitrogens with zero attached hydrogens (tertiary/aromatic N) is 2. The first kappa shape index (κ1) is 26.9. The van der Waals surface area contributed by atoms with Crippen molar-refractivity contribution in [1.29, 1.82) is 0 Å². The zero-order valence-electron chi connectivity index (χ0n) is 18.2. The van der Waals surface area contributed by atoms with Gasteiger partial charge in [-0.2, -0.15) is 0 Å². The molecule has 1 aromatic rings. The number of ether oxygens (including phenoxy) is 2. The summed E-state index contributed by atoms with van der Waals surface area (Å²) in [7, 11) is 1.80. The van der Waals surface area contributed by atoms with Crippen molar-refractivity contribution in [3.05, 3.63) is 29.3 Å². The van der Waals surface area contributed by atoms with Crippen LogP contribution in [0.1, 0.15) is 38.3 Å². The number of aryl methyl sites for hydroxylation is 1. The van der Waals surface area contributed by atoms with Gasteiger partial charge in [-0.05, 0) is 45.0 Å². The van der Waals surface area contributed by atoms with E-state index in [1.165, 1.54) is 12.0 Å². The smallest absolute Gasteiger partial charge is 0.191 e. The van der Waals surface area contributed by atoms with Crippen LogP contribution in [0.4, 0.5) is 0 Å². The van der Waals surface area contributed by atoms with Crippen molar-refractivity contribution in [3.63, 3.8) is 0 Å². The van der Waals surface area contributed by atoms with Gasteiger partial charge in [-0.3, -0.25) is 4.99 Å². The molecule has 28 heavy (non-hydrogen) atoms. The predicted octanol–water partition coefficient (Wildman–Crippen LogP) is 3.43. The molecule has 0 saturated carbocycles. The Kier molecular flexibility index (Phi) is 16.2. The zero-order valence-corrected chi connectivity index (χ0v) is 20.5. The minimum atomic E-state index is 0. The summed E-state index contributed by atoms with van der Waals surface area (Å²) < 4.78 is 11.3. The van der Waals surface area contributed by atoms with E-state index >= 15 is 0 Å². The summed E-state index contributed by atoms with van der Waals surface area (Å²) in [5.41, 5.74) is 2.30. The Labute approximate surface area is 188 Å². The second kappa shape index (κ2) is 16.9. The Balaban J connectivity index is 0.00000729. The van der Waals surface area contributed by atoms with Gasteiger partial charge in [0.2, 0.25) is 0 Å². The van der Waals surface area contributed by atoms with E-state index in [1.807, 2.05) is 6.92 Å². The highest BCUT2D eigenvalue weighted by molar-refractivity contribution is 14.0. The first-order valence-corrected chi connectivity index (χ1v) is 10.1. The fraction of sp³-hybridized carbons (Fsp3) is 0.667. The van der Waals surface area contributed by atoms with Gasteiger partial charge in [-0.15, -0.1) is 24.0 Å². The molecule has 0 bridgehead atoms. The molecule has 0 aromatic heterocycles. The zero-order chi connectivity index (χ0) is 19.9. The summed E-state index contributed by atoms with van der Waals surface area (Å²) in [4.78, 5) is 6.76. The van der Waals surface area contributed by atoms with Gasteiger partial charge in [0.1, 0.15) is 12.4 Å². The van der Waals surface area contributed by atoms with E-state index in [9.17, 15) is 0 Å². The molecule has 7 heteroatoms. The minimum absolute atomic E-state index is 0. The largest absolute Gasteiger partial charge is 0.491 e. The van der Waals surface area contributed by atoms with Crippen LogP contribution < -0.4 is 15.4 Å². The van der Waals surface area contributed by atoms with Gasteiger partial charge in [-0.1, -0.05) is 26.0 Å². The predicted molar refractivity (Wildman–Crippen MR) is 129 cm³/mol.